The summed E-state index contributed by atoms with van der Waals surface area (Å²) in [6.07, 6.45) is 7.94. The second kappa shape index (κ2) is 20.8. The Kier molecular flexibility index (Phi) is 23.8. The Morgan fingerprint density at radius 1 is 1.28 bits per heavy atom. The van der Waals surface area contributed by atoms with Crippen LogP contribution in [0.15, 0.2) is 29.8 Å². The molecular formula is C24H38ClNNaO2-. The number of benzene rings is 1. The van der Waals surface area contributed by atoms with Crippen LogP contribution in [-0.4, -0.2) is 23.7 Å². The van der Waals surface area contributed by atoms with Crippen molar-refractivity contribution in [1.82, 2.24) is 0 Å². The standard InChI is InChI=1S/C11H14NO2.C6H4Cl.C3H8.2C2H6.Na/c1-8(13)10(12)9-3-5-11(7-9)4-2-6-14-11;7-6-4-2-1-3-5-6;1-3-2;2*1-2;/h12H,2,4-7H2,1H3;1-2,4-5H;3H2,1-2H3;2*1-2H3;/q2*-1;;;;+1. The average Bonchev–Trinajstić information content (AvgIpc) is 3.36. The number of ketones is 1. The first-order chi connectivity index (χ1) is 13.4. The van der Waals surface area contributed by atoms with Gasteiger partial charge in [-0.15, -0.1) is 0 Å². The van der Waals surface area contributed by atoms with E-state index in [-0.39, 0.29) is 46.7 Å². The molecule has 1 atom stereocenters. The van der Waals surface area contributed by atoms with E-state index < -0.39 is 0 Å². The second-order valence-corrected chi connectivity index (χ2v) is 6.44. The van der Waals surface area contributed by atoms with Gasteiger partial charge in [0.1, 0.15) is 0 Å². The topological polar surface area (TPSA) is 50.2 Å². The van der Waals surface area contributed by atoms with Gasteiger partial charge in [0, 0.05) is 6.61 Å². The number of hydrogen-bond acceptors (Lipinski definition) is 3. The van der Waals surface area contributed by atoms with Crippen molar-refractivity contribution < 1.29 is 39.1 Å². The SMILES string of the molecule is CC.CC.CC(=O)C(=N)C1=[C-]CC2(CCCO2)C1.CCC.Clc1c[c-]ccc1.[Na+]. The van der Waals surface area contributed by atoms with Gasteiger partial charge in [-0.1, -0.05) is 65.1 Å². The monoisotopic (exact) mass is 430 g/mol. The van der Waals surface area contributed by atoms with Crippen molar-refractivity contribution in [3.63, 3.8) is 0 Å². The van der Waals surface area contributed by atoms with E-state index >= 15 is 0 Å². The third kappa shape index (κ3) is 14.2. The van der Waals surface area contributed by atoms with E-state index in [0.717, 1.165) is 36.5 Å². The number of rotatable bonds is 2. The van der Waals surface area contributed by atoms with Gasteiger partial charge in [-0.3, -0.25) is 6.08 Å². The van der Waals surface area contributed by atoms with Gasteiger partial charge >= 0.3 is 29.6 Å². The molecule has 2 aliphatic rings. The normalized spacial score (nSPS) is 18.0. The fraction of sp³-hybridized carbons (Fsp3) is 0.583. The number of hydrogen-bond donors (Lipinski definition) is 1. The average molecular weight is 431 g/mol. The van der Waals surface area contributed by atoms with Crippen molar-refractivity contribution in [1.29, 1.82) is 5.41 Å². The maximum Gasteiger partial charge on any atom is 1.00 e. The summed E-state index contributed by atoms with van der Waals surface area (Å²) in [6.45, 7) is 14.5. The van der Waals surface area contributed by atoms with E-state index in [2.05, 4.69) is 26.0 Å². The number of carbonyl (C=O) groups is 1. The van der Waals surface area contributed by atoms with E-state index in [0.29, 0.717) is 6.42 Å². The van der Waals surface area contributed by atoms with Crippen LogP contribution < -0.4 is 29.6 Å². The third-order valence-electron chi connectivity index (χ3n) is 3.63. The van der Waals surface area contributed by atoms with Crippen LogP contribution in [0.1, 0.15) is 80.6 Å². The number of nitrogens with one attached hydrogen (secondary N) is 1. The number of ether oxygens (including phenoxy) is 1. The molecule has 0 radical (unpaired) electrons. The van der Waals surface area contributed by atoms with Crippen LogP contribution in [0.25, 0.3) is 0 Å². The van der Waals surface area contributed by atoms with Crippen molar-refractivity contribution in [2.45, 2.75) is 86.2 Å². The largest absolute Gasteiger partial charge is 1.00 e. The Labute approximate surface area is 206 Å². The van der Waals surface area contributed by atoms with Crippen molar-refractivity contribution in [3.8, 4) is 0 Å². The van der Waals surface area contributed by atoms with Gasteiger partial charge in [-0.25, -0.2) is 0 Å². The summed E-state index contributed by atoms with van der Waals surface area (Å²) in [6, 6.07) is 10.0. The van der Waals surface area contributed by atoms with E-state index in [1.54, 1.807) is 6.07 Å². The van der Waals surface area contributed by atoms with Crippen LogP contribution in [0.3, 0.4) is 0 Å². The van der Waals surface area contributed by atoms with Crippen LogP contribution in [0.2, 0.25) is 5.02 Å². The molecule has 1 aromatic rings. The third-order valence-corrected chi connectivity index (χ3v) is 3.87. The molecule has 3 nitrogen and oxygen atoms in total. The number of carbonyl (C=O) groups excluding carboxylic acids is 1. The molecule has 1 aliphatic carbocycles. The molecule has 160 valence electrons. The fourth-order valence-electron chi connectivity index (χ4n) is 2.51. The van der Waals surface area contributed by atoms with Crippen LogP contribution in [0.5, 0.6) is 0 Å². The first-order valence-electron chi connectivity index (χ1n) is 10.4. The first kappa shape index (κ1) is 33.2. The summed E-state index contributed by atoms with van der Waals surface area (Å²) in [5, 5.41) is 8.32. The molecule has 5 heteroatoms. The molecule has 0 bridgehead atoms. The van der Waals surface area contributed by atoms with Gasteiger partial charge in [-0.05, 0) is 26.2 Å². The summed E-state index contributed by atoms with van der Waals surface area (Å²) >= 11 is 5.51. The van der Waals surface area contributed by atoms with Crippen LogP contribution in [-0.2, 0) is 9.53 Å². The fourth-order valence-corrected chi connectivity index (χ4v) is 2.65. The predicted molar refractivity (Wildman–Crippen MR) is 121 cm³/mol. The minimum absolute atomic E-state index is 0. The summed E-state index contributed by atoms with van der Waals surface area (Å²) < 4.78 is 5.67. The molecule has 1 N–H and O–H groups in total. The Hall–Kier alpha value is -0.450. The molecule has 29 heavy (non-hydrogen) atoms. The van der Waals surface area contributed by atoms with Crippen LogP contribution in [0.4, 0.5) is 0 Å². The quantitative estimate of drug-likeness (QED) is 0.432. The zero-order valence-electron chi connectivity index (χ0n) is 19.7. The zero-order valence-corrected chi connectivity index (χ0v) is 22.5. The van der Waals surface area contributed by atoms with Crippen molar-refractivity contribution in [2.75, 3.05) is 6.61 Å². The molecule has 1 spiro atoms. The number of Topliss-reactive ketones (excluding diaryl/α,β-unsaturated/α-hetero) is 1. The van der Waals surface area contributed by atoms with Crippen molar-refractivity contribution in [2.24, 2.45) is 0 Å². The summed E-state index contributed by atoms with van der Waals surface area (Å²) in [4.78, 5) is 11.0. The van der Waals surface area contributed by atoms with E-state index in [9.17, 15) is 4.79 Å². The van der Waals surface area contributed by atoms with E-state index in [1.807, 2.05) is 45.9 Å². The minimum atomic E-state index is -0.178. The smallest absolute Gasteiger partial charge is 0.392 e. The van der Waals surface area contributed by atoms with Gasteiger partial charge in [0.25, 0.3) is 0 Å². The van der Waals surface area contributed by atoms with Gasteiger partial charge < -0.3 is 14.9 Å². The molecule has 0 saturated carbocycles. The molecule has 3 rings (SSSR count). The van der Waals surface area contributed by atoms with Crippen molar-refractivity contribution >= 4 is 23.1 Å². The molecule has 1 fully saturated rings. The molecule has 1 aromatic carbocycles. The molecule has 0 aromatic heterocycles. The molecule has 1 saturated heterocycles. The molecule has 1 unspecified atom stereocenters. The maximum absolute atomic E-state index is 11.0. The summed E-state index contributed by atoms with van der Waals surface area (Å²) in [5.41, 5.74) is 0.744. The molecular weight excluding hydrogens is 393 g/mol. The van der Waals surface area contributed by atoms with Gasteiger partial charge in [-0.2, -0.15) is 47.5 Å². The van der Waals surface area contributed by atoms with Gasteiger partial charge in [0.15, 0.2) is 0 Å². The second-order valence-electron chi connectivity index (χ2n) is 6.00. The Balaban J connectivity index is -0.000000382. The Morgan fingerprint density at radius 3 is 2.21 bits per heavy atom. The van der Waals surface area contributed by atoms with E-state index in [4.69, 9.17) is 21.7 Å². The zero-order chi connectivity index (χ0) is 22.0. The van der Waals surface area contributed by atoms with Crippen molar-refractivity contribution in [3.05, 3.63) is 47.0 Å². The first-order valence-corrected chi connectivity index (χ1v) is 10.8. The number of halogens is 1. The summed E-state index contributed by atoms with van der Waals surface area (Å²) in [5.74, 6) is -0.178. The van der Waals surface area contributed by atoms with Gasteiger partial charge in [0.05, 0.1) is 11.4 Å². The van der Waals surface area contributed by atoms with Crippen LogP contribution in [0, 0.1) is 17.6 Å². The molecule has 1 aliphatic heterocycles. The maximum atomic E-state index is 11.0. The molecule has 1 heterocycles. The Morgan fingerprint density at radius 2 is 1.86 bits per heavy atom. The van der Waals surface area contributed by atoms with Crippen LogP contribution >= 0.6 is 11.6 Å². The summed E-state index contributed by atoms with van der Waals surface area (Å²) in [7, 11) is 0. The Bertz CT molecular complexity index is 568. The molecule has 0 amide bonds. The predicted octanol–water partition coefficient (Wildman–Crippen LogP) is 4.28. The van der Waals surface area contributed by atoms with E-state index in [1.165, 1.54) is 13.3 Å². The van der Waals surface area contributed by atoms with Gasteiger partial charge in [0.2, 0.25) is 0 Å². The minimum Gasteiger partial charge on any atom is -0.392 e.